The molecule has 12 heteroatoms. The zero-order valence-electron chi connectivity index (χ0n) is 46.2. The number of hydrogen-bond donors (Lipinski definition) is 3. The number of carbonyl (C=O) groups excluding carboxylic acids is 3. The first-order valence-corrected chi connectivity index (χ1v) is 28.5. The molecule has 75 heavy (non-hydrogen) atoms. The Morgan fingerprint density at radius 3 is 1.32 bits per heavy atom. The second-order valence-corrected chi connectivity index (χ2v) is 18.8. The number of carboxylic acid groups (broad SMARTS) is 1. The van der Waals surface area contributed by atoms with Crippen LogP contribution in [0.1, 0.15) is 201 Å². The minimum absolute atomic E-state index is 0.0272. The topological polar surface area (TPSA) is 175 Å². The number of carboxylic acids is 1. The van der Waals surface area contributed by atoms with Gasteiger partial charge in [0, 0.05) is 19.3 Å². The summed E-state index contributed by atoms with van der Waals surface area (Å²) >= 11 is 0. The lowest BCUT2D eigenvalue weighted by Gasteiger charge is -2.40. The lowest BCUT2D eigenvalue weighted by atomic mass is 9.98. The molecule has 0 aromatic heterocycles. The molecule has 6 unspecified atom stereocenters. The second kappa shape index (κ2) is 50.0. The predicted octanol–water partition coefficient (Wildman–Crippen LogP) is 14.4. The molecule has 1 rings (SSSR count). The van der Waals surface area contributed by atoms with Crippen LogP contribution in [-0.4, -0.2) is 89.2 Å². The van der Waals surface area contributed by atoms with Gasteiger partial charge in [-0.15, -0.1) is 0 Å². The van der Waals surface area contributed by atoms with Gasteiger partial charge in [-0.25, -0.2) is 4.79 Å². The van der Waals surface area contributed by atoms with Gasteiger partial charge in [-0.2, -0.15) is 0 Å². The van der Waals surface area contributed by atoms with Gasteiger partial charge < -0.3 is 39.0 Å². The molecule has 1 heterocycles. The zero-order chi connectivity index (χ0) is 54.7. The Balaban J connectivity index is 2.76. The molecular formula is C63H98O12. The summed E-state index contributed by atoms with van der Waals surface area (Å²) in [4.78, 5) is 51.0. The van der Waals surface area contributed by atoms with Crippen LogP contribution in [0.3, 0.4) is 0 Å². The van der Waals surface area contributed by atoms with Gasteiger partial charge in [-0.3, -0.25) is 14.4 Å². The Labute approximate surface area is 452 Å². The van der Waals surface area contributed by atoms with Gasteiger partial charge in [-0.1, -0.05) is 187 Å². The Hall–Kier alpha value is -4.88. The molecule has 0 bridgehead atoms. The van der Waals surface area contributed by atoms with E-state index in [-0.39, 0.29) is 25.9 Å². The average Bonchev–Trinajstić information content (AvgIpc) is 3.39. The summed E-state index contributed by atoms with van der Waals surface area (Å²) in [5, 5.41) is 31.4. The third-order valence-corrected chi connectivity index (χ3v) is 12.0. The van der Waals surface area contributed by atoms with E-state index in [0.29, 0.717) is 25.7 Å². The Kier molecular flexibility index (Phi) is 45.4. The van der Waals surface area contributed by atoms with Gasteiger partial charge in [0.05, 0.1) is 6.61 Å². The maximum Gasteiger partial charge on any atom is 0.335 e. The number of unbranched alkanes of at least 4 members (excludes halogenated alkanes) is 12. The molecule has 6 atom stereocenters. The van der Waals surface area contributed by atoms with Gasteiger partial charge in [-0.05, 0) is 116 Å². The van der Waals surface area contributed by atoms with Crippen LogP contribution < -0.4 is 0 Å². The minimum Gasteiger partial charge on any atom is -0.479 e. The molecule has 3 N–H and O–H groups in total. The van der Waals surface area contributed by atoms with Crippen LogP contribution in [-0.2, 0) is 42.9 Å². The molecule has 1 saturated heterocycles. The highest BCUT2D eigenvalue weighted by Gasteiger charge is 2.50. The SMILES string of the molecule is CC/C=C\C/C=C\C/C=C\C/C=C\C/C=C\CCCC(=O)OCC(COC1OC(C(=O)O)C(O)C(O)C1OC(=O)CCCCCCC/C=C\C/C=C\C/C=C\CC)OC(=O)CCCCCCC/C=C\C/C=C\CCC. The molecule has 12 nitrogen and oxygen atoms in total. The molecule has 0 radical (unpaired) electrons. The van der Waals surface area contributed by atoms with E-state index in [4.69, 9.17) is 23.7 Å². The number of hydrogen-bond acceptors (Lipinski definition) is 11. The first-order chi connectivity index (χ1) is 36.6. The van der Waals surface area contributed by atoms with Crippen LogP contribution in [0.15, 0.2) is 122 Å². The highest BCUT2D eigenvalue weighted by molar-refractivity contribution is 5.74. The van der Waals surface area contributed by atoms with E-state index >= 15 is 0 Å². The first kappa shape index (κ1) is 68.1. The molecule has 0 aromatic rings. The summed E-state index contributed by atoms with van der Waals surface area (Å²) in [5.41, 5.74) is 0. The molecule has 0 aromatic carbocycles. The molecule has 422 valence electrons. The van der Waals surface area contributed by atoms with Crippen LogP contribution in [0.25, 0.3) is 0 Å². The fraction of sp³-hybridized carbons (Fsp3) is 0.619. The van der Waals surface area contributed by atoms with Gasteiger partial charge in [0.15, 0.2) is 24.6 Å². The quantitative estimate of drug-likeness (QED) is 0.0228. The number of aliphatic carboxylic acids is 1. The lowest BCUT2D eigenvalue weighted by Crippen LogP contribution is -2.61. The molecule has 0 aliphatic carbocycles. The summed E-state index contributed by atoms with van der Waals surface area (Å²) < 4.78 is 28.3. The van der Waals surface area contributed by atoms with Crippen LogP contribution in [0.4, 0.5) is 0 Å². The summed E-state index contributed by atoms with van der Waals surface area (Å²) in [5.74, 6) is -3.26. The Morgan fingerprint density at radius 2 is 0.853 bits per heavy atom. The van der Waals surface area contributed by atoms with Crippen LogP contribution in [0.2, 0.25) is 0 Å². The Morgan fingerprint density at radius 1 is 0.453 bits per heavy atom. The zero-order valence-corrected chi connectivity index (χ0v) is 46.2. The summed E-state index contributed by atoms with van der Waals surface area (Å²) in [6.07, 6.45) is 56.0. The van der Waals surface area contributed by atoms with E-state index in [1.165, 1.54) is 0 Å². The maximum absolute atomic E-state index is 13.1. The fourth-order valence-electron chi connectivity index (χ4n) is 7.69. The number of aliphatic hydroxyl groups is 2. The second-order valence-electron chi connectivity index (χ2n) is 18.8. The van der Waals surface area contributed by atoms with Gasteiger partial charge in [0.25, 0.3) is 0 Å². The molecule has 1 aliphatic rings. The highest BCUT2D eigenvalue weighted by atomic mass is 16.7. The Bertz CT molecular complexity index is 1770. The van der Waals surface area contributed by atoms with E-state index in [9.17, 15) is 34.5 Å². The summed E-state index contributed by atoms with van der Waals surface area (Å²) in [6.45, 7) is 5.61. The molecule has 1 aliphatic heterocycles. The number of aliphatic hydroxyl groups excluding tert-OH is 2. The molecule has 1 fully saturated rings. The number of esters is 3. The number of rotatable bonds is 46. The van der Waals surface area contributed by atoms with E-state index in [1.54, 1.807) is 0 Å². The van der Waals surface area contributed by atoms with Crippen molar-refractivity contribution < 1.29 is 58.2 Å². The maximum atomic E-state index is 13.1. The van der Waals surface area contributed by atoms with Crippen molar-refractivity contribution >= 4 is 23.9 Å². The molecule has 0 spiro atoms. The van der Waals surface area contributed by atoms with Crippen molar-refractivity contribution in [3.05, 3.63) is 122 Å². The number of allylic oxidation sites excluding steroid dienone is 20. The lowest BCUT2D eigenvalue weighted by molar-refractivity contribution is -0.301. The van der Waals surface area contributed by atoms with Crippen molar-refractivity contribution in [3.8, 4) is 0 Å². The van der Waals surface area contributed by atoms with Crippen LogP contribution in [0.5, 0.6) is 0 Å². The summed E-state index contributed by atoms with van der Waals surface area (Å²) in [7, 11) is 0. The first-order valence-electron chi connectivity index (χ1n) is 28.5. The van der Waals surface area contributed by atoms with Gasteiger partial charge in [0.1, 0.15) is 18.8 Å². The number of carbonyl (C=O) groups is 4. The van der Waals surface area contributed by atoms with Crippen molar-refractivity contribution in [2.75, 3.05) is 13.2 Å². The van der Waals surface area contributed by atoms with Crippen LogP contribution in [0, 0.1) is 0 Å². The van der Waals surface area contributed by atoms with E-state index in [2.05, 4.69) is 136 Å². The molecule has 0 amide bonds. The van der Waals surface area contributed by atoms with Crippen molar-refractivity contribution in [2.45, 2.75) is 237 Å². The largest absolute Gasteiger partial charge is 0.479 e. The fourth-order valence-corrected chi connectivity index (χ4v) is 7.69. The van der Waals surface area contributed by atoms with Crippen LogP contribution >= 0.6 is 0 Å². The van der Waals surface area contributed by atoms with Crippen molar-refractivity contribution in [3.63, 3.8) is 0 Å². The smallest absolute Gasteiger partial charge is 0.335 e. The third kappa shape index (κ3) is 40.1. The van der Waals surface area contributed by atoms with Crippen molar-refractivity contribution in [1.29, 1.82) is 0 Å². The summed E-state index contributed by atoms with van der Waals surface area (Å²) in [6, 6.07) is 0. The predicted molar refractivity (Wildman–Crippen MR) is 303 cm³/mol. The van der Waals surface area contributed by atoms with Gasteiger partial charge >= 0.3 is 23.9 Å². The standard InChI is InChI=1S/C63H98O12/c1-4-7-10-13-16-19-22-25-27-28-30-32-34-37-40-43-46-49-55(64)71-52-54(73-56(65)50-47-44-41-38-35-31-24-21-18-15-12-9-6-3)53-72-63-61(59(68)58(67)60(75-63)62(69)70)74-57(66)51-48-45-42-39-36-33-29-26-23-20-17-14-11-8-5-2/h7-8,10-12,15-17,19-21,24-27,29-30,32,37,40,54,58-61,63,67-68H,4-6,9,13-14,18,22-23,28,31,33-36,38-39,41-53H2,1-3H3,(H,69,70)/b10-7-,11-8-,15-12-,19-16-,20-17-,24-21-,27-25-,29-26-,32-30-,40-37-. The molecule has 0 saturated carbocycles. The van der Waals surface area contributed by atoms with Crippen molar-refractivity contribution in [1.82, 2.24) is 0 Å². The molecular weight excluding hydrogens is 949 g/mol. The number of ether oxygens (including phenoxy) is 5. The third-order valence-electron chi connectivity index (χ3n) is 12.0. The monoisotopic (exact) mass is 1050 g/mol. The highest BCUT2D eigenvalue weighted by Crippen LogP contribution is 2.26. The average molecular weight is 1050 g/mol. The van der Waals surface area contributed by atoms with Crippen molar-refractivity contribution in [2.24, 2.45) is 0 Å². The van der Waals surface area contributed by atoms with E-state index in [0.717, 1.165) is 135 Å². The van der Waals surface area contributed by atoms with E-state index in [1.807, 2.05) is 6.08 Å². The minimum atomic E-state index is -1.92. The normalized spacial score (nSPS) is 19.1. The van der Waals surface area contributed by atoms with E-state index < -0.39 is 67.3 Å². The van der Waals surface area contributed by atoms with Gasteiger partial charge in [0.2, 0.25) is 0 Å².